The zero-order chi connectivity index (χ0) is 26.5. The highest BCUT2D eigenvalue weighted by Crippen LogP contribution is 2.68. The number of esters is 2. The van der Waals surface area contributed by atoms with Crippen LogP contribution in [0.1, 0.15) is 60.3 Å². The van der Waals surface area contributed by atoms with Crippen LogP contribution in [0.4, 0.5) is 0 Å². The number of hydrogen-bond donors (Lipinski definition) is 1. The predicted molar refractivity (Wildman–Crippen MR) is 130 cm³/mol. The number of carbonyl (C=O) groups is 4. The first-order valence-corrected chi connectivity index (χ1v) is 13.0. The topological polar surface area (TPSA) is 116 Å². The molecule has 0 saturated heterocycles. The number of aliphatic hydroxyl groups is 1. The molecule has 0 spiro atoms. The van der Waals surface area contributed by atoms with E-state index in [1.54, 1.807) is 19.1 Å². The number of fused-ring (bicyclic) bond motifs is 5. The van der Waals surface area contributed by atoms with Gasteiger partial charge in [-0.1, -0.05) is 32.4 Å². The number of rotatable bonds is 7. The van der Waals surface area contributed by atoms with Crippen molar-refractivity contribution in [1.29, 1.82) is 0 Å². The Morgan fingerprint density at radius 1 is 1.19 bits per heavy atom. The Bertz CT molecular complexity index is 1010. The highest BCUT2D eigenvalue weighted by atomic mass is 16.6. The van der Waals surface area contributed by atoms with Crippen molar-refractivity contribution in [2.45, 2.75) is 72.0 Å². The van der Waals surface area contributed by atoms with E-state index in [4.69, 9.17) is 14.2 Å². The van der Waals surface area contributed by atoms with Gasteiger partial charge in [-0.3, -0.25) is 14.4 Å². The molecule has 4 aliphatic rings. The van der Waals surface area contributed by atoms with Crippen molar-refractivity contribution in [3.8, 4) is 0 Å². The van der Waals surface area contributed by atoms with Gasteiger partial charge in [-0.25, -0.2) is 4.79 Å². The van der Waals surface area contributed by atoms with Gasteiger partial charge in [0.05, 0.1) is 6.10 Å². The molecule has 0 aliphatic heterocycles. The van der Waals surface area contributed by atoms with Crippen molar-refractivity contribution >= 4 is 23.5 Å². The van der Waals surface area contributed by atoms with Crippen LogP contribution in [0.2, 0.25) is 0 Å². The molecule has 0 aromatic heterocycles. The van der Waals surface area contributed by atoms with Gasteiger partial charge in [0.2, 0.25) is 5.78 Å². The fourth-order valence-electron chi connectivity index (χ4n) is 8.11. The molecule has 0 amide bonds. The van der Waals surface area contributed by atoms with Gasteiger partial charge >= 0.3 is 11.9 Å². The van der Waals surface area contributed by atoms with Gasteiger partial charge in [0.15, 0.2) is 18.0 Å². The van der Waals surface area contributed by atoms with E-state index in [-0.39, 0.29) is 42.5 Å². The molecule has 3 fully saturated rings. The molecule has 4 aliphatic carbocycles. The predicted octanol–water partition coefficient (Wildman–Crippen LogP) is 2.96. The second-order valence-corrected chi connectivity index (χ2v) is 11.4. The molecule has 198 valence electrons. The van der Waals surface area contributed by atoms with Gasteiger partial charge < -0.3 is 19.3 Å². The monoisotopic (exact) mass is 502 g/mol. The largest absolute Gasteiger partial charge is 0.458 e. The van der Waals surface area contributed by atoms with E-state index in [2.05, 4.69) is 13.8 Å². The maximum atomic E-state index is 13.7. The maximum Gasteiger partial charge on any atom is 0.333 e. The lowest BCUT2D eigenvalue weighted by Gasteiger charge is -2.61. The number of hydrogen-bond acceptors (Lipinski definition) is 8. The molecule has 4 rings (SSSR count). The van der Waals surface area contributed by atoms with Crippen LogP contribution in [-0.2, 0) is 33.4 Å². The maximum absolute atomic E-state index is 13.7. The summed E-state index contributed by atoms with van der Waals surface area (Å²) in [4.78, 5) is 50.1. The van der Waals surface area contributed by atoms with E-state index in [0.29, 0.717) is 19.4 Å². The van der Waals surface area contributed by atoms with Gasteiger partial charge in [-0.15, -0.1) is 0 Å². The summed E-state index contributed by atoms with van der Waals surface area (Å²) < 4.78 is 16.3. The van der Waals surface area contributed by atoms with Crippen LogP contribution in [0.3, 0.4) is 0 Å². The van der Waals surface area contributed by atoms with Crippen LogP contribution in [0, 0.1) is 34.5 Å². The van der Waals surface area contributed by atoms with Crippen molar-refractivity contribution in [3.63, 3.8) is 0 Å². The summed E-state index contributed by atoms with van der Waals surface area (Å²) in [6.45, 7) is 8.69. The quantitative estimate of drug-likeness (QED) is 0.528. The average molecular weight is 503 g/mol. The highest BCUT2D eigenvalue weighted by molar-refractivity contribution is 6.01. The summed E-state index contributed by atoms with van der Waals surface area (Å²) in [6, 6.07) is 0. The summed E-state index contributed by atoms with van der Waals surface area (Å²) in [6.07, 6.45) is 6.44. The highest BCUT2D eigenvalue weighted by Gasteiger charge is 2.70. The first-order valence-electron chi connectivity index (χ1n) is 13.0. The van der Waals surface area contributed by atoms with Crippen molar-refractivity contribution in [3.05, 3.63) is 23.8 Å². The minimum atomic E-state index is -1.52. The summed E-state index contributed by atoms with van der Waals surface area (Å²) in [5.41, 5.74) is -1.78. The smallest absolute Gasteiger partial charge is 0.333 e. The molecule has 0 unspecified atom stereocenters. The normalized spacial score (nSPS) is 41.0. The molecule has 0 radical (unpaired) electrons. The van der Waals surface area contributed by atoms with E-state index < -0.39 is 46.9 Å². The Labute approximate surface area is 212 Å². The minimum absolute atomic E-state index is 0.000996. The fraction of sp³-hybridized carbons (Fsp3) is 0.714. The van der Waals surface area contributed by atoms with Crippen LogP contribution >= 0.6 is 0 Å². The average Bonchev–Trinajstić information content (AvgIpc) is 3.09. The van der Waals surface area contributed by atoms with E-state index in [1.807, 2.05) is 13.0 Å². The van der Waals surface area contributed by atoms with E-state index in [0.717, 1.165) is 12.0 Å². The second-order valence-electron chi connectivity index (χ2n) is 11.4. The Hall–Kier alpha value is -2.32. The van der Waals surface area contributed by atoms with Crippen LogP contribution in [0.5, 0.6) is 0 Å². The summed E-state index contributed by atoms with van der Waals surface area (Å²) >= 11 is 0. The first-order chi connectivity index (χ1) is 16.9. The van der Waals surface area contributed by atoms with E-state index in [9.17, 15) is 24.3 Å². The molecular weight excluding hydrogens is 464 g/mol. The lowest BCUT2D eigenvalue weighted by molar-refractivity contribution is -0.204. The van der Waals surface area contributed by atoms with Gasteiger partial charge in [0, 0.05) is 30.3 Å². The Morgan fingerprint density at radius 2 is 1.92 bits per heavy atom. The molecule has 8 atom stereocenters. The lowest BCUT2D eigenvalue weighted by atomic mass is 9.44. The molecule has 0 heterocycles. The molecular formula is C28H38O8. The molecule has 3 saturated carbocycles. The third-order valence-electron chi connectivity index (χ3n) is 9.51. The van der Waals surface area contributed by atoms with Crippen molar-refractivity contribution in [1.82, 2.24) is 0 Å². The summed E-state index contributed by atoms with van der Waals surface area (Å²) in [5, 5.41) is 11.7. The van der Waals surface area contributed by atoms with Gasteiger partial charge in [0.1, 0.15) is 6.61 Å². The zero-order valence-corrected chi connectivity index (χ0v) is 21.9. The Balaban J connectivity index is 1.73. The third-order valence-corrected chi connectivity index (χ3v) is 9.51. The molecule has 8 nitrogen and oxygen atoms in total. The van der Waals surface area contributed by atoms with Crippen LogP contribution < -0.4 is 0 Å². The SMILES string of the molecule is CCOCC(=O)O[C@]1(C(=O)COC(C)=O)CC[C@H]2[C@@H]3C[C@H](C)C4=CC(=O)C=C[C@]4(C)[C@H]3[C@@H](O)C[C@@]21C. The Morgan fingerprint density at radius 3 is 2.58 bits per heavy atom. The van der Waals surface area contributed by atoms with Crippen LogP contribution in [-0.4, -0.2) is 60.1 Å². The van der Waals surface area contributed by atoms with Crippen molar-refractivity contribution in [2.75, 3.05) is 19.8 Å². The van der Waals surface area contributed by atoms with E-state index >= 15 is 0 Å². The second kappa shape index (κ2) is 9.53. The Kier molecular flexibility index (Phi) is 7.07. The van der Waals surface area contributed by atoms with Gasteiger partial charge in [-0.05, 0) is 62.5 Å². The number of aliphatic hydroxyl groups excluding tert-OH is 1. The minimum Gasteiger partial charge on any atom is -0.458 e. The number of Topliss-reactive ketones (excluding diaryl/α,β-unsaturated/α-hetero) is 1. The number of ether oxygens (including phenoxy) is 3. The third kappa shape index (κ3) is 4.06. The van der Waals surface area contributed by atoms with Crippen molar-refractivity contribution < 1.29 is 38.5 Å². The molecule has 0 bridgehead atoms. The molecule has 0 aromatic rings. The lowest BCUT2D eigenvalue weighted by Crippen LogP contribution is -2.63. The number of ketones is 2. The molecule has 36 heavy (non-hydrogen) atoms. The van der Waals surface area contributed by atoms with Gasteiger partial charge in [-0.2, -0.15) is 0 Å². The molecule has 1 N–H and O–H groups in total. The molecule has 0 aromatic carbocycles. The summed E-state index contributed by atoms with van der Waals surface area (Å²) in [7, 11) is 0. The standard InChI is InChI=1S/C28H38O8/c1-6-34-15-24(33)36-28(23(32)14-35-17(3)29)10-8-20-19-11-16(2)21-12-18(30)7-9-26(21,4)25(19)22(31)13-27(20,28)5/h7,9,12,16,19-20,22,25,31H,6,8,10-11,13-15H2,1-5H3/t16-,19-,20-,22-,25+,26-,27-,28-/m0/s1. The van der Waals surface area contributed by atoms with Crippen LogP contribution in [0.15, 0.2) is 23.8 Å². The first kappa shape index (κ1) is 26.7. The van der Waals surface area contributed by atoms with E-state index in [1.165, 1.54) is 6.92 Å². The van der Waals surface area contributed by atoms with Crippen LogP contribution in [0.25, 0.3) is 0 Å². The number of carbonyl (C=O) groups excluding carboxylic acids is 4. The zero-order valence-electron chi connectivity index (χ0n) is 21.9. The van der Waals surface area contributed by atoms with Crippen molar-refractivity contribution in [2.24, 2.45) is 34.5 Å². The molecule has 8 heteroatoms. The van der Waals surface area contributed by atoms with Gasteiger partial charge in [0.25, 0.3) is 0 Å². The summed E-state index contributed by atoms with van der Waals surface area (Å²) in [5.74, 6) is -1.66. The number of allylic oxidation sites excluding steroid dienone is 4. The fourth-order valence-corrected chi connectivity index (χ4v) is 8.11.